The molecule has 0 radical (unpaired) electrons. The van der Waals surface area contributed by atoms with Crippen molar-refractivity contribution >= 4 is 55.1 Å². The lowest BCUT2D eigenvalue weighted by Crippen LogP contribution is -2.49. The first-order valence-electron chi connectivity index (χ1n) is 11.0. The topological polar surface area (TPSA) is 86.8 Å². The summed E-state index contributed by atoms with van der Waals surface area (Å²) in [6.07, 6.45) is 1.49. The number of rotatable bonds is 11. The quantitative estimate of drug-likeness (QED) is 0.427. The van der Waals surface area contributed by atoms with Crippen molar-refractivity contribution < 1.29 is 18.0 Å². The Kier molecular flexibility index (Phi) is 10.4. The second-order valence-electron chi connectivity index (χ2n) is 8.41. The van der Waals surface area contributed by atoms with Crippen molar-refractivity contribution in [3.8, 4) is 0 Å². The molecule has 1 N–H and O–H groups in total. The molecule has 0 bridgehead atoms. The molecule has 0 aliphatic rings. The van der Waals surface area contributed by atoms with Crippen LogP contribution in [0.25, 0.3) is 0 Å². The van der Waals surface area contributed by atoms with Crippen molar-refractivity contribution in [3.05, 3.63) is 63.6 Å². The van der Waals surface area contributed by atoms with E-state index in [1.54, 1.807) is 31.2 Å². The molecule has 0 fully saturated rings. The van der Waals surface area contributed by atoms with E-state index in [0.29, 0.717) is 10.7 Å². The van der Waals surface area contributed by atoms with E-state index in [9.17, 15) is 18.0 Å². The molecule has 34 heavy (non-hydrogen) atoms. The summed E-state index contributed by atoms with van der Waals surface area (Å²) in [5, 5.41) is 3.28. The first kappa shape index (κ1) is 28.1. The monoisotopic (exact) mass is 571 g/mol. The second kappa shape index (κ2) is 12.6. The number of nitrogens with one attached hydrogen (secondary N) is 1. The average molecular weight is 573 g/mol. The van der Waals surface area contributed by atoms with Gasteiger partial charge in [-0.05, 0) is 63.1 Å². The van der Waals surface area contributed by atoms with E-state index in [0.717, 1.165) is 16.3 Å². The second-order valence-corrected chi connectivity index (χ2v) is 11.7. The molecular weight excluding hydrogens is 542 g/mol. The van der Waals surface area contributed by atoms with Gasteiger partial charge < -0.3 is 10.2 Å². The van der Waals surface area contributed by atoms with Gasteiger partial charge in [0.25, 0.3) is 0 Å². The Balaban J connectivity index is 2.17. The number of amides is 2. The summed E-state index contributed by atoms with van der Waals surface area (Å²) in [6.45, 7) is 5.79. The summed E-state index contributed by atoms with van der Waals surface area (Å²) in [5.74, 6) is -0.471. The molecular formula is C24H31BrClN3O4S. The minimum absolute atomic E-state index is 0.0567. The minimum Gasteiger partial charge on any atom is -0.352 e. The van der Waals surface area contributed by atoms with Gasteiger partial charge in [0, 0.05) is 35.0 Å². The Hall–Kier alpha value is -2.10. The first-order valence-corrected chi connectivity index (χ1v) is 14.0. The van der Waals surface area contributed by atoms with E-state index < -0.39 is 16.1 Å². The van der Waals surface area contributed by atoms with Crippen LogP contribution < -0.4 is 9.62 Å². The highest BCUT2D eigenvalue weighted by Gasteiger charge is 2.27. The summed E-state index contributed by atoms with van der Waals surface area (Å²) >= 11 is 9.47. The van der Waals surface area contributed by atoms with Crippen LogP contribution in [0.4, 0.5) is 5.69 Å². The van der Waals surface area contributed by atoms with Gasteiger partial charge in [-0.15, -0.1) is 0 Å². The first-order chi connectivity index (χ1) is 15.9. The molecule has 0 unspecified atom stereocenters. The van der Waals surface area contributed by atoms with Crippen LogP contribution in [0.2, 0.25) is 5.02 Å². The van der Waals surface area contributed by atoms with Gasteiger partial charge in [-0.2, -0.15) is 0 Å². The Morgan fingerprint density at radius 1 is 1.09 bits per heavy atom. The smallest absolute Gasteiger partial charge is 0.242 e. The van der Waals surface area contributed by atoms with Gasteiger partial charge in [0.15, 0.2) is 0 Å². The lowest BCUT2D eigenvalue weighted by molar-refractivity contribution is -0.140. The molecule has 2 aromatic rings. The Morgan fingerprint density at radius 3 is 2.35 bits per heavy atom. The van der Waals surface area contributed by atoms with Crippen LogP contribution >= 0.6 is 27.5 Å². The van der Waals surface area contributed by atoms with E-state index in [2.05, 4.69) is 21.2 Å². The van der Waals surface area contributed by atoms with E-state index in [1.807, 2.05) is 38.1 Å². The highest BCUT2D eigenvalue weighted by Crippen LogP contribution is 2.23. The van der Waals surface area contributed by atoms with Crippen LogP contribution in [0.3, 0.4) is 0 Å². The molecule has 0 saturated carbocycles. The zero-order valence-corrected chi connectivity index (χ0v) is 23.0. The van der Waals surface area contributed by atoms with Crippen molar-refractivity contribution in [2.45, 2.75) is 52.2 Å². The fraction of sp³-hybridized carbons (Fsp3) is 0.417. The van der Waals surface area contributed by atoms with Crippen molar-refractivity contribution in [2.75, 3.05) is 17.1 Å². The predicted octanol–water partition coefficient (Wildman–Crippen LogP) is 4.59. The minimum atomic E-state index is -3.57. The number of sulfonamides is 1. The van der Waals surface area contributed by atoms with Gasteiger partial charge in [-0.3, -0.25) is 13.9 Å². The number of nitrogens with zero attached hydrogens (tertiary/aromatic N) is 2. The van der Waals surface area contributed by atoms with E-state index in [4.69, 9.17) is 11.6 Å². The fourth-order valence-electron chi connectivity index (χ4n) is 3.45. The highest BCUT2D eigenvalue weighted by molar-refractivity contribution is 9.10. The van der Waals surface area contributed by atoms with Crippen LogP contribution in [0.1, 0.15) is 39.2 Å². The summed E-state index contributed by atoms with van der Waals surface area (Å²) < 4.78 is 26.8. The third-order valence-electron chi connectivity index (χ3n) is 5.09. The maximum atomic E-state index is 13.2. The van der Waals surface area contributed by atoms with Crippen LogP contribution in [0.5, 0.6) is 0 Å². The zero-order chi connectivity index (χ0) is 25.5. The van der Waals surface area contributed by atoms with Gasteiger partial charge in [0.1, 0.15) is 6.04 Å². The van der Waals surface area contributed by atoms with Gasteiger partial charge in [-0.25, -0.2) is 8.42 Å². The number of carbonyl (C=O) groups excluding carboxylic acids is 2. The lowest BCUT2D eigenvalue weighted by Gasteiger charge is -2.30. The van der Waals surface area contributed by atoms with Crippen LogP contribution in [-0.2, 0) is 26.2 Å². The Morgan fingerprint density at radius 2 is 1.76 bits per heavy atom. The van der Waals surface area contributed by atoms with Gasteiger partial charge in [0.2, 0.25) is 21.8 Å². The molecule has 1 atom stereocenters. The SMILES string of the molecule is CC(C)NC(=O)[C@@H](C)N(Cc1cccc(Br)c1)C(=O)CCCN(c1cccc(Cl)c1)S(C)(=O)=O. The maximum absolute atomic E-state index is 13.2. The average Bonchev–Trinajstić information content (AvgIpc) is 2.73. The third kappa shape index (κ3) is 8.60. The summed E-state index contributed by atoms with van der Waals surface area (Å²) in [7, 11) is -3.57. The molecule has 2 amide bonds. The number of anilines is 1. The summed E-state index contributed by atoms with van der Waals surface area (Å²) in [4.78, 5) is 27.4. The van der Waals surface area contributed by atoms with Gasteiger partial charge in [-0.1, -0.05) is 45.7 Å². The van der Waals surface area contributed by atoms with Gasteiger partial charge >= 0.3 is 0 Å². The molecule has 7 nitrogen and oxygen atoms in total. The molecule has 0 spiro atoms. The predicted molar refractivity (Wildman–Crippen MR) is 140 cm³/mol. The Bertz CT molecular complexity index is 1110. The van der Waals surface area contributed by atoms with Crippen LogP contribution in [0.15, 0.2) is 53.0 Å². The van der Waals surface area contributed by atoms with E-state index in [1.165, 1.54) is 9.21 Å². The number of benzene rings is 2. The molecule has 0 aromatic heterocycles. The number of halogens is 2. The molecule has 0 saturated heterocycles. The van der Waals surface area contributed by atoms with Crippen LogP contribution in [-0.4, -0.2) is 50.0 Å². The lowest BCUT2D eigenvalue weighted by atomic mass is 10.1. The standard InChI is InChI=1S/C24H31BrClN3O4S/c1-17(2)27-24(31)18(3)28(16-19-8-5-9-20(25)14-19)23(30)12-7-13-29(34(4,32)33)22-11-6-10-21(26)15-22/h5-6,8-11,14-15,17-18H,7,12-13,16H2,1-4H3,(H,27,31)/t18-/m1/s1. The normalized spacial score (nSPS) is 12.3. The summed E-state index contributed by atoms with van der Waals surface area (Å²) in [6, 6.07) is 13.4. The van der Waals surface area contributed by atoms with Crippen molar-refractivity contribution in [2.24, 2.45) is 0 Å². The molecule has 0 aliphatic heterocycles. The fourth-order valence-corrected chi connectivity index (χ4v) is 5.04. The van der Waals surface area contributed by atoms with Crippen molar-refractivity contribution in [3.63, 3.8) is 0 Å². The number of carbonyl (C=O) groups is 2. The van der Waals surface area contributed by atoms with E-state index in [-0.39, 0.29) is 43.8 Å². The largest absolute Gasteiger partial charge is 0.352 e. The molecule has 2 rings (SSSR count). The van der Waals surface area contributed by atoms with Crippen molar-refractivity contribution in [1.29, 1.82) is 0 Å². The third-order valence-corrected chi connectivity index (χ3v) is 7.01. The summed E-state index contributed by atoms with van der Waals surface area (Å²) in [5.41, 5.74) is 1.32. The maximum Gasteiger partial charge on any atom is 0.242 e. The molecule has 0 aliphatic carbocycles. The number of hydrogen-bond donors (Lipinski definition) is 1. The molecule has 2 aromatic carbocycles. The molecule has 186 valence electrons. The molecule has 0 heterocycles. The van der Waals surface area contributed by atoms with Crippen molar-refractivity contribution in [1.82, 2.24) is 10.2 Å². The molecule has 10 heteroatoms. The number of hydrogen-bond acceptors (Lipinski definition) is 4. The van der Waals surface area contributed by atoms with E-state index >= 15 is 0 Å². The highest BCUT2D eigenvalue weighted by atomic mass is 79.9. The Labute approximate surface area is 215 Å². The van der Waals surface area contributed by atoms with Gasteiger partial charge in [0.05, 0.1) is 11.9 Å². The zero-order valence-electron chi connectivity index (χ0n) is 19.8. The van der Waals surface area contributed by atoms with Crippen LogP contribution in [0, 0.1) is 0 Å².